The molecule has 0 saturated heterocycles. The van der Waals surface area contributed by atoms with Gasteiger partial charge in [-0.3, -0.25) is 9.78 Å². The maximum Gasteiger partial charge on any atom is 0.274 e. The minimum absolute atomic E-state index is 0.0339. The van der Waals surface area contributed by atoms with Gasteiger partial charge in [0.1, 0.15) is 17.3 Å². The van der Waals surface area contributed by atoms with Crippen LogP contribution in [-0.4, -0.2) is 15.2 Å². The van der Waals surface area contributed by atoms with E-state index >= 15 is 0 Å². The van der Waals surface area contributed by atoms with E-state index in [1.165, 1.54) is 6.07 Å². The maximum absolute atomic E-state index is 14.5. The fraction of sp³-hybridized carbons (Fsp3) is 0. The fourth-order valence-electron chi connectivity index (χ4n) is 3.01. The van der Waals surface area contributed by atoms with Crippen molar-refractivity contribution in [3.8, 4) is 33.6 Å². The van der Waals surface area contributed by atoms with E-state index in [0.29, 0.717) is 11.1 Å². The number of nitrogens with one attached hydrogen (secondary N) is 1. The Hall–Kier alpha value is -3.38. The van der Waals surface area contributed by atoms with Crippen LogP contribution in [0.2, 0.25) is 5.02 Å². The molecule has 0 radical (unpaired) electrons. The first-order valence-electron chi connectivity index (χ1n) is 8.30. The monoisotopic (exact) mass is 395 g/mol. The van der Waals surface area contributed by atoms with Gasteiger partial charge in [-0.1, -0.05) is 54.1 Å². The molecular formula is C21H12ClF2N3O. The van der Waals surface area contributed by atoms with E-state index in [2.05, 4.69) is 15.2 Å². The van der Waals surface area contributed by atoms with Gasteiger partial charge < -0.3 is 0 Å². The van der Waals surface area contributed by atoms with Crippen molar-refractivity contribution in [2.75, 3.05) is 0 Å². The minimum atomic E-state index is -0.630. The van der Waals surface area contributed by atoms with Gasteiger partial charge in [0.25, 0.3) is 5.56 Å². The quantitative estimate of drug-likeness (QED) is 0.525. The SMILES string of the molecule is O=c1[nH]nc(-c2ccccc2F)c(-c2ccccc2)c1-c1ncc(F)cc1Cl. The zero-order valence-corrected chi connectivity index (χ0v) is 15.0. The molecule has 0 spiro atoms. The molecular weight excluding hydrogens is 384 g/mol. The minimum Gasteiger partial charge on any atom is -0.267 e. The van der Waals surface area contributed by atoms with Crippen LogP contribution >= 0.6 is 11.6 Å². The smallest absolute Gasteiger partial charge is 0.267 e. The van der Waals surface area contributed by atoms with Crippen LogP contribution in [0.5, 0.6) is 0 Å². The molecule has 0 aliphatic carbocycles. The zero-order valence-electron chi connectivity index (χ0n) is 14.3. The first kappa shape index (κ1) is 18.0. The molecule has 4 rings (SSSR count). The Kier molecular flexibility index (Phi) is 4.71. The largest absolute Gasteiger partial charge is 0.274 e. The number of pyridine rings is 1. The zero-order chi connectivity index (χ0) is 19.7. The van der Waals surface area contributed by atoms with Crippen molar-refractivity contribution < 1.29 is 8.78 Å². The van der Waals surface area contributed by atoms with Crippen molar-refractivity contribution in [3.05, 3.63) is 93.9 Å². The fourth-order valence-corrected chi connectivity index (χ4v) is 3.26. The van der Waals surface area contributed by atoms with E-state index in [1.54, 1.807) is 42.5 Å². The first-order valence-corrected chi connectivity index (χ1v) is 8.68. The molecule has 28 heavy (non-hydrogen) atoms. The summed E-state index contributed by atoms with van der Waals surface area (Å²) in [5, 5.41) is 6.44. The lowest BCUT2D eigenvalue weighted by molar-refractivity contribution is 0.622. The van der Waals surface area contributed by atoms with Gasteiger partial charge in [-0.15, -0.1) is 0 Å². The number of benzene rings is 2. The van der Waals surface area contributed by atoms with Crippen molar-refractivity contribution >= 4 is 11.6 Å². The van der Waals surface area contributed by atoms with Gasteiger partial charge in [-0.05, 0) is 23.8 Å². The number of rotatable bonds is 3. The molecule has 1 N–H and O–H groups in total. The highest BCUT2D eigenvalue weighted by atomic mass is 35.5. The predicted octanol–water partition coefficient (Wildman–Crippen LogP) is 5.10. The van der Waals surface area contributed by atoms with Crippen molar-refractivity contribution in [2.45, 2.75) is 0 Å². The number of aromatic amines is 1. The normalized spacial score (nSPS) is 10.8. The number of nitrogens with zero attached hydrogens (tertiary/aromatic N) is 2. The average molecular weight is 396 g/mol. The van der Waals surface area contributed by atoms with E-state index in [0.717, 1.165) is 12.3 Å². The van der Waals surface area contributed by atoms with Gasteiger partial charge in [0, 0.05) is 11.1 Å². The standard InChI is InChI=1S/C21H12ClF2N3O/c22-15-10-13(23)11-25-20(15)18-17(12-6-2-1-3-7-12)19(26-27-21(18)28)14-8-4-5-9-16(14)24/h1-11H,(H,27,28). The van der Waals surface area contributed by atoms with Crippen LogP contribution in [-0.2, 0) is 0 Å². The third-order valence-corrected chi connectivity index (χ3v) is 4.51. The molecule has 2 heterocycles. The summed E-state index contributed by atoms with van der Waals surface area (Å²) in [6.07, 6.45) is 0.971. The molecule has 2 aromatic carbocycles. The second-order valence-corrected chi connectivity index (χ2v) is 6.39. The van der Waals surface area contributed by atoms with E-state index in [4.69, 9.17) is 11.6 Å². The molecule has 4 aromatic rings. The van der Waals surface area contributed by atoms with Crippen LogP contribution in [0.25, 0.3) is 33.6 Å². The highest BCUT2D eigenvalue weighted by Crippen LogP contribution is 2.38. The Labute approximate surface area is 163 Å². The number of halogens is 3. The molecule has 0 aliphatic heterocycles. The number of aromatic nitrogens is 3. The number of hydrogen-bond donors (Lipinski definition) is 1. The Bertz CT molecular complexity index is 1230. The van der Waals surface area contributed by atoms with E-state index in [9.17, 15) is 13.6 Å². The molecule has 0 aliphatic rings. The molecule has 0 amide bonds. The van der Waals surface area contributed by atoms with E-state index < -0.39 is 17.2 Å². The molecule has 0 unspecified atom stereocenters. The van der Waals surface area contributed by atoms with Crippen LogP contribution in [0.1, 0.15) is 0 Å². The summed E-state index contributed by atoms with van der Waals surface area (Å²) in [5.41, 5.74) is 1.01. The van der Waals surface area contributed by atoms with Gasteiger partial charge in [-0.2, -0.15) is 5.10 Å². The molecule has 0 bridgehead atoms. The Morgan fingerprint density at radius 2 is 1.61 bits per heavy atom. The molecule has 0 atom stereocenters. The second-order valence-electron chi connectivity index (χ2n) is 5.98. The summed E-state index contributed by atoms with van der Waals surface area (Å²) in [5.74, 6) is -1.13. The second kappa shape index (κ2) is 7.32. The summed E-state index contributed by atoms with van der Waals surface area (Å²) in [4.78, 5) is 16.7. The van der Waals surface area contributed by atoms with Crippen LogP contribution in [0.3, 0.4) is 0 Å². The third kappa shape index (κ3) is 3.18. The average Bonchev–Trinajstić information content (AvgIpc) is 2.70. The van der Waals surface area contributed by atoms with Gasteiger partial charge in [0.2, 0.25) is 0 Å². The summed E-state index contributed by atoms with van der Waals surface area (Å²) in [6.45, 7) is 0. The maximum atomic E-state index is 14.5. The lowest BCUT2D eigenvalue weighted by Crippen LogP contribution is -2.15. The van der Waals surface area contributed by atoms with Gasteiger partial charge >= 0.3 is 0 Å². The highest BCUT2D eigenvalue weighted by molar-refractivity contribution is 6.33. The molecule has 4 nitrogen and oxygen atoms in total. The van der Waals surface area contributed by atoms with Crippen molar-refractivity contribution in [2.24, 2.45) is 0 Å². The Balaban J connectivity index is 2.13. The number of hydrogen-bond acceptors (Lipinski definition) is 3. The molecule has 2 aromatic heterocycles. The van der Waals surface area contributed by atoms with Crippen LogP contribution in [0, 0.1) is 11.6 Å². The Morgan fingerprint density at radius 1 is 0.893 bits per heavy atom. The predicted molar refractivity (Wildman–Crippen MR) is 104 cm³/mol. The topological polar surface area (TPSA) is 58.6 Å². The first-order chi connectivity index (χ1) is 13.6. The summed E-state index contributed by atoms with van der Waals surface area (Å²) >= 11 is 6.18. The van der Waals surface area contributed by atoms with Crippen molar-refractivity contribution in [1.82, 2.24) is 15.2 Å². The van der Waals surface area contributed by atoms with E-state index in [-0.39, 0.29) is 27.5 Å². The van der Waals surface area contributed by atoms with E-state index in [1.807, 2.05) is 6.07 Å². The summed E-state index contributed by atoms with van der Waals surface area (Å²) < 4.78 is 28.0. The lowest BCUT2D eigenvalue weighted by atomic mass is 9.94. The highest BCUT2D eigenvalue weighted by Gasteiger charge is 2.23. The summed E-state index contributed by atoms with van der Waals surface area (Å²) in [6, 6.07) is 16.1. The van der Waals surface area contributed by atoms with Crippen LogP contribution in [0.15, 0.2) is 71.7 Å². The summed E-state index contributed by atoms with van der Waals surface area (Å²) in [7, 11) is 0. The molecule has 7 heteroatoms. The van der Waals surface area contributed by atoms with Gasteiger partial charge in [-0.25, -0.2) is 13.9 Å². The Morgan fingerprint density at radius 3 is 2.32 bits per heavy atom. The lowest BCUT2D eigenvalue weighted by Gasteiger charge is -2.14. The molecule has 138 valence electrons. The van der Waals surface area contributed by atoms with Crippen LogP contribution < -0.4 is 5.56 Å². The third-order valence-electron chi connectivity index (χ3n) is 4.22. The van der Waals surface area contributed by atoms with Gasteiger partial charge in [0.05, 0.1) is 22.5 Å². The number of H-pyrrole nitrogens is 1. The molecule has 0 fully saturated rings. The van der Waals surface area contributed by atoms with Gasteiger partial charge in [0.15, 0.2) is 0 Å². The molecule has 0 saturated carbocycles. The van der Waals surface area contributed by atoms with Crippen molar-refractivity contribution in [3.63, 3.8) is 0 Å². The van der Waals surface area contributed by atoms with Crippen LogP contribution in [0.4, 0.5) is 8.78 Å². The van der Waals surface area contributed by atoms with Crippen molar-refractivity contribution in [1.29, 1.82) is 0 Å².